The van der Waals surface area contributed by atoms with Crippen molar-refractivity contribution in [3.8, 4) is 11.5 Å². The van der Waals surface area contributed by atoms with Gasteiger partial charge in [-0.25, -0.2) is 0 Å². The zero-order chi connectivity index (χ0) is 20.8. The van der Waals surface area contributed by atoms with Crippen LogP contribution >= 0.6 is 11.8 Å². The maximum Gasteiger partial charge on any atom is 0.270 e. The van der Waals surface area contributed by atoms with E-state index in [2.05, 4.69) is 10.4 Å². The number of H-pyrrole nitrogens is 1. The largest absolute Gasteiger partial charge is 0.504 e. The van der Waals surface area contributed by atoms with E-state index in [0.29, 0.717) is 23.7 Å². The van der Waals surface area contributed by atoms with Crippen molar-refractivity contribution in [2.45, 2.75) is 43.6 Å². The Bertz CT molecular complexity index is 996. The van der Waals surface area contributed by atoms with Gasteiger partial charge in [0.2, 0.25) is 5.91 Å². The summed E-state index contributed by atoms with van der Waals surface area (Å²) in [4.78, 5) is 25.4. The van der Waals surface area contributed by atoms with Crippen molar-refractivity contribution in [3.05, 3.63) is 39.7 Å². The molecule has 1 amide bonds. The molecule has 0 saturated carbocycles. The van der Waals surface area contributed by atoms with Crippen LogP contribution in [0.3, 0.4) is 0 Å². The van der Waals surface area contributed by atoms with Crippen LogP contribution in [0.1, 0.15) is 49.1 Å². The monoisotopic (exact) mass is 419 g/mol. The van der Waals surface area contributed by atoms with E-state index < -0.39 is 5.25 Å². The molecule has 2 aliphatic heterocycles. The van der Waals surface area contributed by atoms with Crippen molar-refractivity contribution in [1.82, 2.24) is 9.78 Å². The molecule has 9 heteroatoms. The number of carbonyl (C=O) groups is 1. The molecule has 1 fully saturated rings. The normalized spacial score (nSPS) is 23.8. The summed E-state index contributed by atoms with van der Waals surface area (Å²) in [6, 6.07) is 5.08. The van der Waals surface area contributed by atoms with Crippen LogP contribution < -0.4 is 15.6 Å². The second-order valence-corrected chi connectivity index (χ2v) is 9.09. The number of anilines is 1. The van der Waals surface area contributed by atoms with E-state index in [-0.39, 0.29) is 34.6 Å². The van der Waals surface area contributed by atoms with Crippen LogP contribution in [0.4, 0.5) is 5.82 Å². The minimum absolute atomic E-state index is 0.00211. The number of rotatable bonds is 3. The third-order valence-electron chi connectivity index (χ3n) is 5.41. The molecule has 4 rings (SSSR count). The zero-order valence-electron chi connectivity index (χ0n) is 16.7. The molecule has 3 heterocycles. The van der Waals surface area contributed by atoms with Crippen molar-refractivity contribution < 1.29 is 19.4 Å². The molecule has 1 aromatic carbocycles. The summed E-state index contributed by atoms with van der Waals surface area (Å²) in [5, 5.41) is 15.7. The topological polar surface area (TPSA) is 106 Å². The number of aromatic hydroxyl groups is 1. The summed E-state index contributed by atoms with van der Waals surface area (Å²) in [6.07, 6.45) is 1.47. The predicted molar refractivity (Wildman–Crippen MR) is 111 cm³/mol. The van der Waals surface area contributed by atoms with Crippen molar-refractivity contribution in [2.24, 2.45) is 0 Å². The number of hydrogen-bond donors (Lipinski definition) is 3. The number of methoxy groups -OCH3 is 1. The summed E-state index contributed by atoms with van der Waals surface area (Å²) < 4.78 is 12.7. The standard InChI is InChI=1S/C20H25N3O5S/c1-20(2)9-12(6-7-28-20)23-18-16(19(26)22-23)17(29-10-15(25)21-18)11-4-5-14(27-3)13(24)8-11/h4-5,8,12,17,24H,6-7,9-10H2,1-3H3,(H,21,25)(H,22,26)/t12-,17+/m1/s1. The number of carbonyl (C=O) groups excluding carboxylic acids is 1. The molecule has 2 aliphatic rings. The number of aromatic amines is 1. The fourth-order valence-electron chi connectivity index (χ4n) is 4.07. The van der Waals surface area contributed by atoms with Crippen LogP contribution in [-0.4, -0.2) is 45.9 Å². The van der Waals surface area contributed by atoms with E-state index in [1.54, 1.807) is 16.8 Å². The molecule has 0 bridgehead atoms. The molecule has 8 nitrogen and oxygen atoms in total. The quantitative estimate of drug-likeness (QED) is 0.707. The van der Waals surface area contributed by atoms with Crippen LogP contribution in [0, 0.1) is 0 Å². The van der Waals surface area contributed by atoms with Gasteiger partial charge in [-0.3, -0.25) is 19.4 Å². The zero-order valence-corrected chi connectivity index (χ0v) is 17.5. The van der Waals surface area contributed by atoms with Crippen molar-refractivity contribution in [3.63, 3.8) is 0 Å². The molecular weight excluding hydrogens is 394 g/mol. The first kappa shape index (κ1) is 19.9. The average molecular weight is 420 g/mol. The Morgan fingerprint density at radius 1 is 1.34 bits per heavy atom. The molecule has 2 aromatic rings. The lowest BCUT2D eigenvalue weighted by molar-refractivity contribution is -0.113. The van der Waals surface area contributed by atoms with E-state index >= 15 is 0 Å². The molecule has 0 radical (unpaired) electrons. The summed E-state index contributed by atoms with van der Waals surface area (Å²) >= 11 is 1.36. The van der Waals surface area contributed by atoms with Crippen molar-refractivity contribution in [1.29, 1.82) is 0 Å². The lowest BCUT2D eigenvalue weighted by Crippen LogP contribution is -2.36. The highest BCUT2D eigenvalue weighted by molar-refractivity contribution is 8.00. The first-order valence-corrected chi connectivity index (χ1v) is 10.6. The molecule has 156 valence electrons. The van der Waals surface area contributed by atoms with E-state index in [1.807, 2.05) is 19.9 Å². The van der Waals surface area contributed by atoms with Gasteiger partial charge in [-0.2, -0.15) is 0 Å². The summed E-state index contributed by atoms with van der Waals surface area (Å²) in [6.45, 7) is 4.64. The van der Waals surface area contributed by atoms with Gasteiger partial charge in [0.05, 0.1) is 35.3 Å². The van der Waals surface area contributed by atoms with Gasteiger partial charge in [0.15, 0.2) is 11.5 Å². The third kappa shape index (κ3) is 3.76. The number of hydrogen-bond acceptors (Lipinski definition) is 6. The molecule has 1 saturated heterocycles. The lowest BCUT2D eigenvalue weighted by atomic mass is 9.94. The van der Waals surface area contributed by atoms with Crippen LogP contribution in [0.2, 0.25) is 0 Å². The molecular formula is C20H25N3O5S. The Labute approximate surface area is 172 Å². The Hall–Kier alpha value is -2.39. The summed E-state index contributed by atoms with van der Waals surface area (Å²) in [5.41, 5.74) is 0.692. The van der Waals surface area contributed by atoms with Crippen molar-refractivity contribution >= 4 is 23.5 Å². The molecule has 3 N–H and O–H groups in total. The number of aromatic nitrogens is 2. The van der Waals surface area contributed by atoms with Crippen LogP contribution in [-0.2, 0) is 9.53 Å². The number of phenols is 1. The first-order chi connectivity index (χ1) is 13.8. The summed E-state index contributed by atoms with van der Waals surface area (Å²) in [7, 11) is 1.48. The van der Waals surface area contributed by atoms with Gasteiger partial charge in [-0.05, 0) is 44.4 Å². The van der Waals surface area contributed by atoms with Gasteiger partial charge < -0.3 is 19.9 Å². The van der Waals surface area contributed by atoms with Gasteiger partial charge in [0.25, 0.3) is 5.56 Å². The van der Waals surface area contributed by atoms with E-state index in [1.165, 1.54) is 18.9 Å². The number of amides is 1. The van der Waals surface area contributed by atoms with E-state index in [0.717, 1.165) is 18.4 Å². The number of nitrogens with zero attached hydrogens (tertiary/aromatic N) is 1. The van der Waals surface area contributed by atoms with E-state index in [4.69, 9.17) is 9.47 Å². The fourth-order valence-corrected chi connectivity index (χ4v) is 5.19. The highest BCUT2D eigenvalue weighted by atomic mass is 32.2. The number of thioether (sulfide) groups is 1. The third-order valence-corrected chi connectivity index (χ3v) is 6.68. The number of nitrogens with one attached hydrogen (secondary N) is 2. The highest BCUT2D eigenvalue weighted by Gasteiger charge is 2.36. The number of phenolic OH excluding ortho intramolecular Hbond substituents is 1. The van der Waals surface area contributed by atoms with E-state index in [9.17, 15) is 14.7 Å². The fraction of sp³-hybridized carbons (Fsp3) is 0.500. The Morgan fingerprint density at radius 3 is 2.83 bits per heavy atom. The lowest BCUT2D eigenvalue weighted by Gasteiger charge is -2.36. The second-order valence-electron chi connectivity index (χ2n) is 8.00. The van der Waals surface area contributed by atoms with Gasteiger partial charge in [-0.15, -0.1) is 11.8 Å². The minimum atomic E-state index is -0.390. The molecule has 0 aliphatic carbocycles. The van der Waals surface area contributed by atoms with Gasteiger partial charge in [0, 0.05) is 6.61 Å². The van der Waals surface area contributed by atoms with Gasteiger partial charge in [-0.1, -0.05) is 6.07 Å². The smallest absolute Gasteiger partial charge is 0.270 e. The number of fused-ring (bicyclic) bond motifs is 1. The Kier molecular flexibility index (Phi) is 5.12. The Morgan fingerprint density at radius 2 is 2.14 bits per heavy atom. The van der Waals surface area contributed by atoms with Crippen LogP contribution in [0.15, 0.2) is 23.0 Å². The average Bonchev–Trinajstić information content (AvgIpc) is 2.87. The molecule has 0 spiro atoms. The SMILES string of the molecule is COc1ccc([C@@H]2SCC(=O)Nc3c2c(=O)[nH]n3[C@@H]2CCOC(C)(C)C2)cc1O. The van der Waals surface area contributed by atoms with Crippen LogP contribution in [0.25, 0.3) is 0 Å². The van der Waals surface area contributed by atoms with Gasteiger partial charge >= 0.3 is 0 Å². The van der Waals surface area contributed by atoms with Crippen molar-refractivity contribution in [2.75, 3.05) is 24.8 Å². The molecule has 29 heavy (non-hydrogen) atoms. The van der Waals surface area contributed by atoms with Crippen LogP contribution in [0.5, 0.6) is 11.5 Å². The summed E-state index contributed by atoms with van der Waals surface area (Å²) in [5.74, 6) is 0.921. The maximum absolute atomic E-state index is 13.0. The second kappa shape index (κ2) is 7.46. The number of ether oxygens (including phenoxy) is 2. The number of benzene rings is 1. The predicted octanol–water partition coefficient (Wildman–Crippen LogP) is 2.80. The van der Waals surface area contributed by atoms with Gasteiger partial charge in [0.1, 0.15) is 5.82 Å². The first-order valence-electron chi connectivity index (χ1n) is 9.56. The minimum Gasteiger partial charge on any atom is -0.504 e. The molecule has 0 unspecified atom stereocenters. The maximum atomic E-state index is 13.0. The Balaban J connectivity index is 1.79. The molecule has 2 atom stereocenters. The highest BCUT2D eigenvalue weighted by Crippen LogP contribution is 2.43. The molecule has 1 aromatic heterocycles.